The number of esters is 1. The number of hydrogen-bond acceptors (Lipinski definition) is 4. The quantitative estimate of drug-likeness (QED) is 0.518. The van der Waals surface area contributed by atoms with Crippen LogP contribution < -0.4 is 0 Å². The molecule has 15 heavy (non-hydrogen) atoms. The van der Waals surface area contributed by atoms with Crippen molar-refractivity contribution in [2.45, 2.75) is 39.7 Å². The normalized spacial score (nSPS) is 18.7. The molecule has 0 aromatic carbocycles. The minimum Gasteiger partial charge on any atom is -0.462 e. The first kappa shape index (κ1) is 11.9. The maximum atomic E-state index is 11.6. The van der Waals surface area contributed by atoms with Crippen LogP contribution >= 0.6 is 0 Å². The summed E-state index contributed by atoms with van der Waals surface area (Å²) in [6.07, 6.45) is 1.32. The lowest BCUT2D eigenvalue weighted by Crippen LogP contribution is -2.36. The Morgan fingerprint density at radius 3 is 2.27 bits per heavy atom. The van der Waals surface area contributed by atoms with Gasteiger partial charge < -0.3 is 4.74 Å². The molecule has 0 bridgehead atoms. The van der Waals surface area contributed by atoms with Crippen molar-refractivity contribution in [3.63, 3.8) is 0 Å². The van der Waals surface area contributed by atoms with Crippen LogP contribution in [-0.2, 0) is 9.53 Å². The average molecular weight is 214 g/mol. The Morgan fingerprint density at radius 2 is 1.87 bits per heavy atom. The highest BCUT2D eigenvalue weighted by atomic mass is 16.5. The van der Waals surface area contributed by atoms with Crippen LogP contribution in [0, 0.1) is 10.3 Å². The molecule has 86 valence electrons. The van der Waals surface area contributed by atoms with Gasteiger partial charge in [0, 0.05) is 25.9 Å². The zero-order valence-electron chi connectivity index (χ0n) is 9.52. The van der Waals surface area contributed by atoms with Crippen molar-refractivity contribution in [1.82, 2.24) is 5.01 Å². The third kappa shape index (κ3) is 3.49. The summed E-state index contributed by atoms with van der Waals surface area (Å²) in [6.45, 7) is 6.64. The van der Waals surface area contributed by atoms with Gasteiger partial charge in [-0.3, -0.25) is 9.80 Å². The highest BCUT2D eigenvalue weighted by Crippen LogP contribution is 2.20. The second-order valence-electron chi connectivity index (χ2n) is 4.89. The molecule has 1 saturated heterocycles. The SMILES string of the molecule is CC(C)(C)C(=O)OC1CCN(N=O)CC1. The third-order valence-electron chi connectivity index (χ3n) is 2.42. The smallest absolute Gasteiger partial charge is 0.311 e. The van der Waals surface area contributed by atoms with Gasteiger partial charge in [-0.25, -0.2) is 0 Å². The summed E-state index contributed by atoms with van der Waals surface area (Å²) in [5, 5.41) is 4.31. The Morgan fingerprint density at radius 1 is 1.33 bits per heavy atom. The van der Waals surface area contributed by atoms with Crippen molar-refractivity contribution in [3.05, 3.63) is 4.91 Å². The van der Waals surface area contributed by atoms with Crippen molar-refractivity contribution in [2.75, 3.05) is 13.1 Å². The summed E-state index contributed by atoms with van der Waals surface area (Å²) in [5.74, 6) is -0.181. The van der Waals surface area contributed by atoms with Gasteiger partial charge in [-0.1, -0.05) is 0 Å². The van der Waals surface area contributed by atoms with E-state index in [0.717, 1.165) is 0 Å². The largest absolute Gasteiger partial charge is 0.462 e. The van der Waals surface area contributed by atoms with E-state index in [0.29, 0.717) is 25.9 Å². The minimum atomic E-state index is -0.458. The van der Waals surface area contributed by atoms with E-state index in [2.05, 4.69) is 5.29 Å². The van der Waals surface area contributed by atoms with Gasteiger partial charge in [0.05, 0.1) is 10.7 Å². The first-order valence-corrected chi connectivity index (χ1v) is 5.23. The Labute approximate surface area is 89.7 Å². The van der Waals surface area contributed by atoms with Crippen LogP contribution in [0.1, 0.15) is 33.6 Å². The molecule has 0 atom stereocenters. The number of hydrogen-bond donors (Lipinski definition) is 0. The molecule has 0 N–H and O–H groups in total. The molecule has 0 unspecified atom stereocenters. The van der Waals surface area contributed by atoms with Crippen LogP contribution in [0.5, 0.6) is 0 Å². The molecule has 5 nitrogen and oxygen atoms in total. The number of piperidine rings is 1. The van der Waals surface area contributed by atoms with Gasteiger partial charge in [0.15, 0.2) is 0 Å². The molecule has 1 fully saturated rings. The summed E-state index contributed by atoms with van der Waals surface area (Å²) in [5.41, 5.74) is -0.458. The number of ether oxygens (including phenoxy) is 1. The van der Waals surface area contributed by atoms with Crippen LogP contribution in [0.15, 0.2) is 5.29 Å². The van der Waals surface area contributed by atoms with Crippen molar-refractivity contribution in [3.8, 4) is 0 Å². The molecular formula is C10H18N2O3. The molecule has 0 radical (unpaired) electrons. The molecule has 0 aromatic heterocycles. The van der Waals surface area contributed by atoms with E-state index in [1.54, 1.807) is 0 Å². The van der Waals surface area contributed by atoms with Crippen LogP contribution in [0.3, 0.4) is 0 Å². The zero-order chi connectivity index (χ0) is 11.5. The Hall–Kier alpha value is -1.13. The van der Waals surface area contributed by atoms with Gasteiger partial charge in [0.1, 0.15) is 6.10 Å². The number of nitrogens with zero attached hydrogens (tertiary/aromatic N) is 2. The van der Waals surface area contributed by atoms with Crippen LogP contribution in [0.25, 0.3) is 0 Å². The van der Waals surface area contributed by atoms with Gasteiger partial charge >= 0.3 is 5.97 Å². The van der Waals surface area contributed by atoms with Gasteiger partial charge in [-0.05, 0) is 20.8 Å². The van der Waals surface area contributed by atoms with E-state index in [1.807, 2.05) is 20.8 Å². The minimum absolute atomic E-state index is 0.0604. The summed E-state index contributed by atoms with van der Waals surface area (Å²) < 4.78 is 5.34. The second-order valence-corrected chi connectivity index (χ2v) is 4.89. The predicted octanol–water partition coefficient (Wildman–Crippen LogP) is 1.72. The fourth-order valence-corrected chi connectivity index (χ4v) is 1.37. The predicted molar refractivity (Wildman–Crippen MR) is 55.9 cm³/mol. The molecule has 5 heteroatoms. The van der Waals surface area contributed by atoms with Gasteiger partial charge in [-0.15, -0.1) is 4.91 Å². The first-order chi connectivity index (χ1) is 6.93. The summed E-state index contributed by atoms with van der Waals surface area (Å²) in [6, 6.07) is 0. The number of rotatable bonds is 2. The van der Waals surface area contributed by atoms with E-state index >= 15 is 0 Å². The highest BCUT2D eigenvalue weighted by Gasteiger charge is 2.28. The van der Waals surface area contributed by atoms with Crippen molar-refractivity contribution in [1.29, 1.82) is 0 Å². The zero-order valence-corrected chi connectivity index (χ0v) is 9.52. The topological polar surface area (TPSA) is 59.0 Å². The summed E-state index contributed by atoms with van der Waals surface area (Å²) >= 11 is 0. The molecule has 0 saturated carbocycles. The molecule has 1 aliphatic rings. The van der Waals surface area contributed by atoms with E-state index in [4.69, 9.17) is 4.74 Å². The maximum absolute atomic E-state index is 11.6. The number of nitroso groups, excluding NO2 is 1. The second kappa shape index (κ2) is 4.59. The molecule has 0 aliphatic carbocycles. The molecule has 0 spiro atoms. The van der Waals surface area contributed by atoms with Crippen LogP contribution in [0.4, 0.5) is 0 Å². The summed E-state index contributed by atoms with van der Waals surface area (Å²) in [4.78, 5) is 21.8. The van der Waals surface area contributed by atoms with Crippen molar-refractivity contribution < 1.29 is 9.53 Å². The Bertz CT molecular complexity index is 240. The average Bonchev–Trinajstić information content (AvgIpc) is 2.17. The Balaban J connectivity index is 2.36. The van der Waals surface area contributed by atoms with E-state index in [9.17, 15) is 9.70 Å². The molecule has 1 heterocycles. The van der Waals surface area contributed by atoms with Gasteiger partial charge in [0.2, 0.25) is 0 Å². The molecule has 0 amide bonds. The maximum Gasteiger partial charge on any atom is 0.311 e. The number of carbonyl (C=O) groups is 1. The van der Waals surface area contributed by atoms with Crippen molar-refractivity contribution >= 4 is 5.97 Å². The van der Waals surface area contributed by atoms with Gasteiger partial charge in [-0.2, -0.15) is 0 Å². The van der Waals surface area contributed by atoms with Crippen molar-refractivity contribution in [2.24, 2.45) is 10.7 Å². The fraction of sp³-hybridized carbons (Fsp3) is 0.900. The fourth-order valence-electron chi connectivity index (χ4n) is 1.37. The first-order valence-electron chi connectivity index (χ1n) is 5.23. The highest BCUT2D eigenvalue weighted by molar-refractivity contribution is 5.75. The lowest BCUT2D eigenvalue weighted by molar-refractivity contribution is -0.160. The van der Waals surface area contributed by atoms with Crippen LogP contribution in [0.2, 0.25) is 0 Å². The monoisotopic (exact) mass is 214 g/mol. The summed E-state index contributed by atoms with van der Waals surface area (Å²) in [7, 11) is 0. The molecule has 1 aliphatic heterocycles. The molecule has 0 aromatic rings. The van der Waals surface area contributed by atoms with Gasteiger partial charge in [0.25, 0.3) is 0 Å². The Kier molecular flexibility index (Phi) is 3.66. The van der Waals surface area contributed by atoms with Crippen LogP contribution in [-0.4, -0.2) is 30.2 Å². The molecular weight excluding hydrogens is 196 g/mol. The van der Waals surface area contributed by atoms with E-state index in [-0.39, 0.29) is 12.1 Å². The molecule has 1 rings (SSSR count). The standard InChI is InChI=1S/C10H18N2O3/c1-10(2,3)9(13)15-8-4-6-12(11-14)7-5-8/h8H,4-7H2,1-3H3. The van der Waals surface area contributed by atoms with E-state index < -0.39 is 5.41 Å². The third-order valence-corrected chi connectivity index (χ3v) is 2.42. The number of carbonyl (C=O) groups excluding carboxylic acids is 1. The lowest BCUT2D eigenvalue weighted by Gasteiger charge is -2.29. The lowest BCUT2D eigenvalue weighted by atomic mass is 9.97. The van der Waals surface area contributed by atoms with E-state index in [1.165, 1.54) is 5.01 Å².